The fourth-order valence-electron chi connectivity index (χ4n) is 5.27. The maximum absolute atomic E-state index is 13.6. The molecule has 3 fully saturated rings. The van der Waals surface area contributed by atoms with Crippen molar-refractivity contribution < 1.29 is 9.59 Å². The molecule has 2 amide bonds. The number of nitrogens with one attached hydrogen (secondary N) is 1. The molecule has 0 radical (unpaired) electrons. The number of nitrogens with zero attached hydrogens (tertiary/aromatic N) is 2. The molecule has 0 bridgehead atoms. The molecule has 5 heteroatoms. The molecule has 1 aliphatic carbocycles. The quantitative estimate of drug-likeness (QED) is 0.827. The summed E-state index contributed by atoms with van der Waals surface area (Å²) in [6, 6.07) is 10.3. The van der Waals surface area contributed by atoms with Crippen molar-refractivity contribution in [2.75, 3.05) is 26.2 Å². The molecular weight excluding hydrogens is 362 g/mol. The summed E-state index contributed by atoms with van der Waals surface area (Å²) in [5.41, 5.74) is 1.08. The second kappa shape index (κ2) is 9.75. The summed E-state index contributed by atoms with van der Waals surface area (Å²) >= 11 is 0. The Balaban J connectivity index is 1.42. The van der Waals surface area contributed by atoms with Gasteiger partial charge in [-0.2, -0.15) is 0 Å². The van der Waals surface area contributed by atoms with Crippen LogP contribution < -0.4 is 5.32 Å². The standard InChI is InChI=1S/C24H35N3O2/c28-23(25-21-13-5-2-6-14-21)20-12-9-17-27(18-20)24(29)22(26-15-7-8-16-26)19-10-3-1-4-11-19/h1,3-4,10-11,20-22H,2,5-9,12-18H2,(H,25,28). The number of hydrogen-bond donors (Lipinski definition) is 1. The Morgan fingerprint density at radius 1 is 0.862 bits per heavy atom. The first kappa shape index (κ1) is 20.4. The number of benzene rings is 1. The monoisotopic (exact) mass is 397 g/mol. The fourth-order valence-corrected chi connectivity index (χ4v) is 5.27. The van der Waals surface area contributed by atoms with Crippen molar-refractivity contribution in [2.24, 2.45) is 5.92 Å². The Morgan fingerprint density at radius 2 is 1.59 bits per heavy atom. The van der Waals surface area contributed by atoms with Gasteiger partial charge >= 0.3 is 0 Å². The average Bonchev–Trinajstić information content (AvgIpc) is 3.30. The molecule has 1 aromatic rings. The molecule has 1 N–H and O–H groups in total. The van der Waals surface area contributed by atoms with Gasteiger partial charge in [0.25, 0.3) is 0 Å². The summed E-state index contributed by atoms with van der Waals surface area (Å²) in [7, 11) is 0. The molecule has 0 aromatic heterocycles. The van der Waals surface area contributed by atoms with Gasteiger partial charge in [0.1, 0.15) is 6.04 Å². The number of carbonyl (C=O) groups excluding carboxylic acids is 2. The van der Waals surface area contributed by atoms with E-state index in [1.54, 1.807) is 0 Å². The largest absolute Gasteiger partial charge is 0.353 e. The van der Waals surface area contributed by atoms with Gasteiger partial charge < -0.3 is 10.2 Å². The minimum Gasteiger partial charge on any atom is -0.353 e. The molecule has 2 heterocycles. The van der Waals surface area contributed by atoms with Crippen LogP contribution in [0.25, 0.3) is 0 Å². The van der Waals surface area contributed by atoms with Crippen LogP contribution in [0.4, 0.5) is 0 Å². The van der Waals surface area contributed by atoms with Gasteiger partial charge in [-0.3, -0.25) is 14.5 Å². The van der Waals surface area contributed by atoms with Crippen LogP contribution in [0.15, 0.2) is 30.3 Å². The van der Waals surface area contributed by atoms with Crippen molar-refractivity contribution in [2.45, 2.75) is 69.9 Å². The molecule has 5 nitrogen and oxygen atoms in total. The summed E-state index contributed by atoms with van der Waals surface area (Å²) in [4.78, 5) is 30.8. The van der Waals surface area contributed by atoms with Gasteiger partial charge in [0.2, 0.25) is 11.8 Å². The maximum atomic E-state index is 13.6. The Hall–Kier alpha value is -1.88. The Kier molecular flexibility index (Phi) is 6.86. The van der Waals surface area contributed by atoms with Crippen LogP contribution in [-0.2, 0) is 9.59 Å². The van der Waals surface area contributed by atoms with Gasteiger partial charge in [0, 0.05) is 19.1 Å². The van der Waals surface area contributed by atoms with Crippen molar-refractivity contribution in [1.29, 1.82) is 0 Å². The van der Waals surface area contributed by atoms with Crippen LogP contribution in [0.2, 0.25) is 0 Å². The number of hydrogen-bond acceptors (Lipinski definition) is 3. The van der Waals surface area contributed by atoms with Crippen molar-refractivity contribution >= 4 is 11.8 Å². The number of rotatable bonds is 5. The smallest absolute Gasteiger partial charge is 0.244 e. The van der Waals surface area contributed by atoms with E-state index < -0.39 is 0 Å². The van der Waals surface area contributed by atoms with Crippen molar-refractivity contribution in [3.05, 3.63) is 35.9 Å². The third-order valence-corrected chi connectivity index (χ3v) is 6.91. The Labute approximate surface area is 174 Å². The molecule has 1 saturated carbocycles. The van der Waals surface area contributed by atoms with Crippen LogP contribution in [0.5, 0.6) is 0 Å². The summed E-state index contributed by atoms with van der Waals surface area (Å²) in [5, 5.41) is 3.28. The van der Waals surface area contributed by atoms with Gasteiger partial charge in [-0.05, 0) is 57.2 Å². The molecule has 0 spiro atoms. The SMILES string of the molecule is O=C(NC1CCCCC1)C1CCCN(C(=O)C(c2ccccc2)N2CCCC2)C1. The second-order valence-corrected chi connectivity index (χ2v) is 9.02. The third-order valence-electron chi connectivity index (χ3n) is 6.91. The van der Waals surface area contributed by atoms with Gasteiger partial charge in [0.05, 0.1) is 5.92 Å². The van der Waals surface area contributed by atoms with Crippen LogP contribution in [0.1, 0.15) is 69.4 Å². The lowest BCUT2D eigenvalue weighted by Gasteiger charge is -2.37. The predicted molar refractivity (Wildman–Crippen MR) is 114 cm³/mol. The van der Waals surface area contributed by atoms with Crippen molar-refractivity contribution in [1.82, 2.24) is 15.1 Å². The first-order valence-electron chi connectivity index (χ1n) is 11.6. The molecule has 1 aromatic carbocycles. The normalized spacial score (nSPS) is 25.0. The number of amides is 2. The maximum Gasteiger partial charge on any atom is 0.244 e. The van der Waals surface area contributed by atoms with E-state index >= 15 is 0 Å². The summed E-state index contributed by atoms with van der Waals surface area (Å²) in [6.07, 6.45) is 10.0. The molecule has 2 saturated heterocycles. The first-order chi connectivity index (χ1) is 14.2. The van der Waals surface area contributed by atoms with E-state index in [9.17, 15) is 9.59 Å². The van der Waals surface area contributed by atoms with E-state index in [-0.39, 0.29) is 23.8 Å². The highest BCUT2D eigenvalue weighted by molar-refractivity contribution is 5.85. The molecule has 29 heavy (non-hydrogen) atoms. The zero-order valence-corrected chi connectivity index (χ0v) is 17.5. The minimum atomic E-state index is -0.209. The molecule has 4 rings (SSSR count). The molecule has 3 aliphatic rings. The zero-order valence-electron chi connectivity index (χ0n) is 17.5. The van der Waals surface area contributed by atoms with E-state index in [0.29, 0.717) is 12.6 Å². The van der Waals surface area contributed by atoms with Crippen molar-refractivity contribution in [3.63, 3.8) is 0 Å². The van der Waals surface area contributed by atoms with E-state index in [0.717, 1.165) is 63.7 Å². The number of piperidine rings is 1. The highest BCUT2D eigenvalue weighted by Crippen LogP contribution is 2.29. The summed E-state index contributed by atoms with van der Waals surface area (Å²) < 4.78 is 0. The molecular formula is C24H35N3O2. The van der Waals surface area contributed by atoms with Crippen LogP contribution in [0, 0.1) is 5.92 Å². The van der Waals surface area contributed by atoms with Crippen molar-refractivity contribution in [3.8, 4) is 0 Å². The summed E-state index contributed by atoms with van der Waals surface area (Å²) in [6.45, 7) is 3.28. The predicted octanol–water partition coefficient (Wildman–Crippen LogP) is 3.51. The Bertz CT molecular complexity index is 681. The highest BCUT2D eigenvalue weighted by atomic mass is 16.2. The lowest BCUT2D eigenvalue weighted by molar-refractivity contribution is -0.140. The zero-order chi connectivity index (χ0) is 20.1. The van der Waals surface area contributed by atoms with Gasteiger partial charge in [-0.15, -0.1) is 0 Å². The third kappa shape index (κ3) is 5.00. The number of likely N-dealkylation sites (tertiary alicyclic amines) is 2. The van der Waals surface area contributed by atoms with Gasteiger partial charge in [0.15, 0.2) is 0 Å². The lowest BCUT2D eigenvalue weighted by Crippen LogP contribution is -2.50. The topological polar surface area (TPSA) is 52.7 Å². The minimum absolute atomic E-state index is 0.0652. The molecule has 158 valence electrons. The van der Waals surface area contributed by atoms with E-state index in [1.165, 1.54) is 19.3 Å². The fraction of sp³-hybridized carbons (Fsp3) is 0.667. The van der Waals surface area contributed by atoms with Gasteiger partial charge in [-0.25, -0.2) is 0 Å². The van der Waals surface area contributed by atoms with E-state index in [1.807, 2.05) is 23.1 Å². The van der Waals surface area contributed by atoms with Crippen LogP contribution in [0.3, 0.4) is 0 Å². The molecule has 2 atom stereocenters. The Morgan fingerprint density at radius 3 is 2.31 bits per heavy atom. The summed E-state index contributed by atoms with van der Waals surface area (Å²) in [5.74, 6) is 0.268. The second-order valence-electron chi connectivity index (χ2n) is 9.02. The number of carbonyl (C=O) groups is 2. The highest BCUT2D eigenvalue weighted by Gasteiger charge is 2.36. The average molecular weight is 398 g/mol. The van der Waals surface area contributed by atoms with Crippen LogP contribution in [-0.4, -0.2) is 53.8 Å². The van der Waals surface area contributed by atoms with Gasteiger partial charge in [-0.1, -0.05) is 49.6 Å². The van der Waals surface area contributed by atoms with E-state index in [4.69, 9.17) is 0 Å². The molecule has 2 aliphatic heterocycles. The van der Waals surface area contributed by atoms with E-state index in [2.05, 4.69) is 22.3 Å². The lowest BCUT2D eigenvalue weighted by atomic mass is 9.92. The van der Waals surface area contributed by atoms with Crippen LogP contribution >= 0.6 is 0 Å². The first-order valence-corrected chi connectivity index (χ1v) is 11.6. The molecule has 2 unspecified atom stereocenters.